The fraction of sp³-hybridized carbons (Fsp3) is 0.786. The van der Waals surface area contributed by atoms with E-state index in [2.05, 4.69) is 20.8 Å². The van der Waals surface area contributed by atoms with Gasteiger partial charge in [0.25, 0.3) is 0 Å². The molecule has 2 rings (SSSR count). The van der Waals surface area contributed by atoms with Crippen LogP contribution in [0.4, 0.5) is 0 Å². The zero-order valence-corrected chi connectivity index (χ0v) is 11.2. The molecule has 0 aromatic carbocycles. The van der Waals surface area contributed by atoms with E-state index in [1.54, 1.807) is 0 Å². The molecular weight excluding hydrogens is 216 g/mol. The van der Waals surface area contributed by atoms with E-state index in [0.717, 1.165) is 30.6 Å². The maximum absolute atomic E-state index is 12.2. The van der Waals surface area contributed by atoms with E-state index < -0.39 is 0 Å². The largest absolute Gasteiger partial charge is 0.469 e. The van der Waals surface area contributed by atoms with Gasteiger partial charge in [-0.25, -0.2) is 0 Å². The lowest BCUT2D eigenvalue weighted by Crippen LogP contribution is -2.40. The summed E-state index contributed by atoms with van der Waals surface area (Å²) < 4.78 is 11.6. The van der Waals surface area contributed by atoms with Gasteiger partial charge in [0.15, 0.2) is 12.1 Å². The first kappa shape index (κ1) is 12.6. The smallest absolute Gasteiger partial charge is 0.199 e. The van der Waals surface area contributed by atoms with Crippen molar-refractivity contribution in [1.82, 2.24) is 0 Å². The van der Waals surface area contributed by atoms with Gasteiger partial charge in [0.05, 0.1) is 11.7 Å². The highest BCUT2D eigenvalue weighted by Gasteiger charge is 2.41. The molecule has 0 spiro atoms. The second-order valence-corrected chi connectivity index (χ2v) is 5.77. The Hall–Kier alpha value is -0.830. The van der Waals surface area contributed by atoms with Crippen LogP contribution in [0, 0.1) is 5.41 Å². The zero-order valence-electron chi connectivity index (χ0n) is 11.2. The Morgan fingerprint density at radius 2 is 1.94 bits per heavy atom. The number of rotatable bonds is 2. The van der Waals surface area contributed by atoms with Crippen molar-refractivity contribution < 1.29 is 14.3 Å². The van der Waals surface area contributed by atoms with Crippen molar-refractivity contribution in [3.8, 4) is 0 Å². The van der Waals surface area contributed by atoms with Gasteiger partial charge in [-0.2, -0.15) is 0 Å². The molecule has 96 valence electrons. The van der Waals surface area contributed by atoms with Gasteiger partial charge in [-0.1, -0.05) is 27.7 Å². The van der Waals surface area contributed by atoms with E-state index in [4.69, 9.17) is 9.47 Å². The van der Waals surface area contributed by atoms with Crippen LogP contribution in [0.25, 0.3) is 0 Å². The van der Waals surface area contributed by atoms with Crippen LogP contribution in [0.3, 0.4) is 0 Å². The first-order chi connectivity index (χ1) is 7.96. The molecule has 0 amide bonds. The van der Waals surface area contributed by atoms with Crippen molar-refractivity contribution in [1.29, 1.82) is 0 Å². The number of hydrogen-bond acceptors (Lipinski definition) is 3. The van der Waals surface area contributed by atoms with Crippen molar-refractivity contribution in [2.45, 2.75) is 65.8 Å². The molecule has 0 bridgehead atoms. The summed E-state index contributed by atoms with van der Waals surface area (Å²) in [6.45, 7) is 8.34. The Kier molecular flexibility index (Phi) is 3.30. The molecule has 3 heteroatoms. The third-order valence-corrected chi connectivity index (χ3v) is 3.49. The SMILES string of the molecule is CCC1OC2=C(C(=O)CC(C)(C)C2)C(CC)O1. The van der Waals surface area contributed by atoms with Crippen molar-refractivity contribution in [2.24, 2.45) is 5.41 Å². The first-order valence-corrected chi connectivity index (χ1v) is 6.55. The normalized spacial score (nSPS) is 32.1. The van der Waals surface area contributed by atoms with Gasteiger partial charge in [-0.05, 0) is 11.8 Å². The lowest BCUT2D eigenvalue weighted by molar-refractivity contribution is -0.171. The number of carbonyl (C=O) groups excluding carboxylic acids is 1. The minimum atomic E-state index is -0.180. The summed E-state index contributed by atoms with van der Waals surface area (Å²) in [6, 6.07) is 0. The number of ether oxygens (including phenoxy) is 2. The molecule has 1 heterocycles. The maximum Gasteiger partial charge on any atom is 0.199 e. The lowest BCUT2D eigenvalue weighted by Gasteiger charge is -2.40. The van der Waals surface area contributed by atoms with Crippen molar-refractivity contribution >= 4 is 5.78 Å². The van der Waals surface area contributed by atoms with Gasteiger partial charge >= 0.3 is 0 Å². The Labute approximate surface area is 103 Å². The zero-order chi connectivity index (χ0) is 12.6. The molecule has 2 unspecified atom stereocenters. The fourth-order valence-electron chi connectivity index (χ4n) is 2.66. The van der Waals surface area contributed by atoms with Crippen LogP contribution < -0.4 is 0 Å². The standard InChI is InChI=1S/C14H22O3/c1-5-10-13-9(15)7-14(3,4)8-11(13)17-12(6-2)16-10/h10,12H,5-8H2,1-4H3. The number of ketones is 1. The van der Waals surface area contributed by atoms with Crippen LogP contribution in [0.5, 0.6) is 0 Å². The highest BCUT2D eigenvalue weighted by atomic mass is 16.7. The molecule has 0 aromatic rings. The summed E-state index contributed by atoms with van der Waals surface area (Å²) in [7, 11) is 0. The van der Waals surface area contributed by atoms with Crippen LogP contribution >= 0.6 is 0 Å². The van der Waals surface area contributed by atoms with Crippen molar-refractivity contribution in [3.63, 3.8) is 0 Å². The minimum Gasteiger partial charge on any atom is -0.469 e. The van der Waals surface area contributed by atoms with Gasteiger partial charge < -0.3 is 9.47 Å². The number of hydrogen-bond donors (Lipinski definition) is 0. The maximum atomic E-state index is 12.2. The van der Waals surface area contributed by atoms with Crippen LogP contribution in [-0.4, -0.2) is 18.2 Å². The van der Waals surface area contributed by atoms with Crippen LogP contribution in [0.15, 0.2) is 11.3 Å². The molecule has 0 N–H and O–H groups in total. The van der Waals surface area contributed by atoms with E-state index >= 15 is 0 Å². The van der Waals surface area contributed by atoms with Gasteiger partial charge in [0, 0.05) is 19.3 Å². The molecule has 0 fully saturated rings. The Morgan fingerprint density at radius 3 is 2.53 bits per heavy atom. The molecule has 0 radical (unpaired) electrons. The molecule has 2 atom stereocenters. The van der Waals surface area contributed by atoms with Gasteiger partial charge in [-0.3, -0.25) is 4.79 Å². The third kappa shape index (κ3) is 2.39. The Balaban J connectivity index is 2.34. The van der Waals surface area contributed by atoms with E-state index in [9.17, 15) is 4.79 Å². The average Bonchev–Trinajstić information content (AvgIpc) is 2.25. The van der Waals surface area contributed by atoms with E-state index in [1.165, 1.54) is 0 Å². The molecule has 1 aliphatic carbocycles. The Bertz CT molecular complexity index is 354. The predicted octanol–water partition coefficient (Wildman–Crippen LogP) is 3.19. The number of Topliss-reactive ketones (excluding diaryl/α,β-unsaturated/α-hetero) is 1. The molecule has 2 aliphatic rings. The van der Waals surface area contributed by atoms with Crippen molar-refractivity contribution in [2.75, 3.05) is 0 Å². The lowest BCUT2D eigenvalue weighted by atomic mass is 9.75. The first-order valence-electron chi connectivity index (χ1n) is 6.55. The highest BCUT2D eigenvalue weighted by Crippen LogP contribution is 2.42. The van der Waals surface area contributed by atoms with Gasteiger partial charge in [0.1, 0.15) is 5.76 Å². The summed E-state index contributed by atoms with van der Waals surface area (Å²) in [5.74, 6) is 1.09. The molecule has 0 saturated heterocycles. The summed E-state index contributed by atoms with van der Waals surface area (Å²) >= 11 is 0. The minimum absolute atomic E-state index is 0.0177. The van der Waals surface area contributed by atoms with E-state index in [1.807, 2.05) is 6.92 Å². The van der Waals surface area contributed by atoms with E-state index in [0.29, 0.717) is 6.42 Å². The molecule has 3 nitrogen and oxygen atoms in total. The quantitative estimate of drug-likeness (QED) is 0.741. The monoisotopic (exact) mass is 238 g/mol. The predicted molar refractivity (Wildman–Crippen MR) is 65.4 cm³/mol. The van der Waals surface area contributed by atoms with Crippen LogP contribution in [0.2, 0.25) is 0 Å². The highest BCUT2D eigenvalue weighted by molar-refractivity contribution is 5.98. The van der Waals surface area contributed by atoms with Crippen LogP contribution in [-0.2, 0) is 14.3 Å². The second kappa shape index (κ2) is 4.45. The molecular formula is C14H22O3. The Morgan fingerprint density at radius 1 is 1.24 bits per heavy atom. The van der Waals surface area contributed by atoms with Crippen molar-refractivity contribution in [3.05, 3.63) is 11.3 Å². The average molecular weight is 238 g/mol. The molecule has 17 heavy (non-hydrogen) atoms. The van der Waals surface area contributed by atoms with Gasteiger partial charge in [-0.15, -0.1) is 0 Å². The van der Waals surface area contributed by atoms with Gasteiger partial charge in [0.2, 0.25) is 0 Å². The van der Waals surface area contributed by atoms with Crippen LogP contribution in [0.1, 0.15) is 53.4 Å². The summed E-state index contributed by atoms with van der Waals surface area (Å²) in [5.41, 5.74) is 0.820. The number of carbonyl (C=O) groups is 1. The second-order valence-electron chi connectivity index (χ2n) is 5.77. The third-order valence-electron chi connectivity index (χ3n) is 3.49. The van der Waals surface area contributed by atoms with E-state index in [-0.39, 0.29) is 23.6 Å². The molecule has 0 saturated carbocycles. The molecule has 0 aromatic heterocycles. The molecule has 1 aliphatic heterocycles. The number of allylic oxidation sites excluding steroid dienone is 1. The fourth-order valence-corrected chi connectivity index (χ4v) is 2.66. The topological polar surface area (TPSA) is 35.5 Å². The summed E-state index contributed by atoms with van der Waals surface area (Å²) in [5, 5.41) is 0. The summed E-state index contributed by atoms with van der Waals surface area (Å²) in [4.78, 5) is 12.2. The summed E-state index contributed by atoms with van der Waals surface area (Å²) in [6.07, 6.45) is 2.87.